The van der Waals surface area contributed by atoms with Gasteiger partial charge in [0.25, 0.3) is 5.91 Å². The summed E-state index contributed by atoms with van der Waals surface area (Å²) in [5.74, 6) is -0.740. The van der Waals surface area contributed by atoms with Gasteiger partial charge in [-0.05, 0) is 61.9 Å². The predicted octanol–water partition coefficient (Wildman–Crippen LogP) is 5.36. The monoisotopic (exact) mass is 496 g/mol. The van der Waals surface area contributed by atoms with E-state index in [2.05, 4.69) is 5.32 Å². The number of rotatable bonds is 8. The lowest BCUT2D eigenvalue weighted by Gasteiger charge is -2.14. The molecule has 34 heavy (non-hydrogen) atoms. The lowest BCUT2D eigenvalue weighted by Crippen LogP contribution is -2.13. The quantitative estimate of drug-likeness (QED) is 0.255. The first-order chi connectivity index (χ1) is 16.2. The Hall–Kier alpha value is -3.80. The number of nitriles is 1. The van der Waals surface area contributed by atoms with Gasteiger partial charge in [-0.25, -0.2) is 0 Å². The molecule has 0 bridgehead atoms. The molecule has 0 fully saturated rings. The Morgan fingerprint density at radius 3 is 2.41 bits per heavy atom. The minimum Gasteiger partial charge on any atom is -0.490 e. The smallest absolute Gasteiger partial charge is 0.339 e. The highest BCUT2D eigenvalue weighted by molar-refractivity contribution is 7.87. The maximum absolute atomic E-state index is 12.7. The number of para-hydroxylation sites is 1. The van der Waals surface area contributed by atoms with Crippen LogP contribution in [0.3, 0.4) is 0 Å². The number of ether oxygens (including phenoxy) is 1. The van der Waals surface area contributed by atoms with Crippen LogP contribution in [0.5, 0.6) is 11.5 Å². The number of nitrogens with zero attached hydrogens (tertiary/aromatic N) is 1. The van der Waals surface area contributed by atoms with Crippen LogP contribution in [0.1, 0.15) is 18.1 Å². The van der Waals surface area contributed by atoms with Crippen molar-refractivity contribution in [1.82, 2.24) is 0 Å². The van der Waals surface area contributed by atoms with Crippen LogP contribution in [0.15, 0.2) is 77.2 Å². The molecular formula is C25H21ClN2O5S. The zero-order chi connectivity index (χ0) is 24.7. The molecule has 0 aliphatic rings. The van der Waals surface area contributed by atoms with Crippen molar-refractivity contribution in [3.05, 3.63) is 88.5 Å². The average molecular weight is 497 g/mol. The molecule has 7 nitrogen and oxygen atoms in total. The van der Waals surface area contributed by atoms with Crippen LogP contribution in [-0.2, 0) is 14.9 Å². The molecule has 0 saturated heterocycles. The molecular weight excluding hydrogens is 476 g/mol. The van der Waals surface area contributed by atoms with Gasteiger partial charge >= 0.3 is 10.1 Å². The largest absolute Gasteiger partial charge is 0.490 e. The van der Waals surface area contributed by atoms with E-state index in [1.54, 1.807) is 49.4 Å². The van der Waals surface area contributed by atoms with Crippen molar-refractivity contribution in [1.29, 1.82) is 5.26 Å². The number of amides is 1. The average Bonchev–Trinajstić information content (AvgIpc) is 2.80. The summed E-state index contributed by atoms with van der Waals surface area (Å²) in [6.45, 7) is 3.75. The second-order valence-corrected chi connectivity index (χ2v) is 9.06. The summed E-state index contributed by atoms with van der Waals surface area (Å²) in [4.78, 5) is 12.5. The van der Waals surface area contributed by atoms with E-state index in [4.69, 9.17) is 20.5 Å². The van der Waals surface area contributed by atoms with Crippen molar-refractivity contribution in [2.24, 2.45) is 0 Å². The van der Waals surface area contributed by atoms with Crippen LogP contribution < -0.4 is 14.2 Å². The summed E-state index contributed by atoms with van der Waals surface area (Å²) in [6, 6.07) is 19.5. The van der Waals surface area contributed by atoms with E-state index in [1.165, 1.54) is 30.3 Å². The molecule has 0 aliphatic heterocycles. The molecule has 0 unspecified atom stereocenters. The summed E-state index contributed by atoms with van der Waals surface area (Å²) in [6.07, 6.45) is 1.32. The molecule has 0 atom stereocenters. The number of hydrogen-bond donors (Lipinski definition) is 1. The van der Waals surface area contributed by atoms with Crippen LogP contribution in [0, 0.1) is 18.3 Å². The minimum atomic E-state index is -4.18. The first-order valence-corrected chi connectivity index (χ1v) is 12.0. The van der Waals surface area contributed by atoms with Gasteiger partial charge < -0.3 is 14.2 Å². The minimum absolute atomic E-state index is 0.0371. The lowest BCUT2D eigenvalue weighted by atomic mass is 10.1. The fourth-order valence-electron chi connectivity index (χ4n) is 2.91. The van der Waals surface area contributed by atoms with Crippen molar-refractivity contribution in [3.63, 3.8) is 0 Å². The van der Waals surface area contributed by atoms with E-state index in [0.29, 0.717) is 11.3 Å². The number of hydrogen-bond acceptors (Lipinski definition) is 6. The van der Waals surface area contributed by atoms with Crippen LogP contribution in [0.25, 0.3) is 6.08 Å². The lowest BCUT2D eigenvalue weighted by molar-refractivity contribution is -0.112. The third-order valence-corrected chi connectivity index (χ3v) is 6.06. The molecule has 3 rings (SSSR count). The van der Waals surface area contributed by atoms with Crippen LogP contribution in [0.4, 0.5) is 5.69 Å². The molecule has 0 spiro atoms. The predicted molar refractivity (Wildman–Crippen MR) is 130 cm³/mol. The van der Waals surface area contributed by atoms with E-state index in [1.807, 2.05) is 13.0 Å². The van der Waals surface area contributed by atoms with Gasteiger partial charge in [-0.3, -0.25) is 4.79 Å². The highest BCUT2D eigenvalue weighted by Gasteiger charge is 2.22. The van der Waals surface area contributed by atoms with Crippen LogP contribution in [0.2, 0.25) is 5.02 Å². The van der Waals surface area contributed by atoms with Crippen molar-refractivity contribution in [2.75, 3.05) is 11.9 Å². The Kier molecular flexibility index (Phi) is 7.95. The molecule has 0 aromatic heterocycles. The number of aryl methyl sites for hydroxylation is 1. The highest BCUT2D eigenvalue weighted by atomic mass is 35.5. The molecule has 9 heteroatoms. The second kappa shape index (κ2) is 10.9. The van der Waals surface area contributed by atoms with Crippen LogP contribution >= 0.6 is 11.6 Å². The molecule has 0 saturated carbocycles. The second-order valence-electron chi connectivity index (χ2n) is 7.10. The van der Waals surface area contributed by atoms with Gasteiger partial charge in [0, 0.05) is 5.69 Å². The number of carbonyl (C=O) groups excluding carboxylic acids is 1. The Morgan fingerprint density at radius 1 is 1.12 bits per heavy atom. The number of halogens is 1. The third kappa shape index (κ3) is 6.16. The number of carbonyl (C=O) groups is 1. The van der Waals surface area contributed by atoms with Gasteiger partial charge in [0.05, 0.1) is 11.6 Å². The SMILES string of the molecule is CCOc1cc(/C=C(\C#N)C(=O)Nc2ccccc2)cc(Cl)c1OS(=O)(=O)c1ccc(C)cc1. The Balaban J connectivity index is 1.94. The zero-order valence-electron chi connectivity index (χ0n) is 18.4. The normalized spacial score (nSPS) is 11.4. The molecule has 1 N–H and O–H groups in total. The van der Waals surface area contributed by atoms with Gasteiger partial charge in [-0.15, -0.1) is 0 Å². The summed E-state index contributed by atoms with van der Waals surface area (Å²) < 4.78 is 36.3. The maximum Gasteiger partial charge on any atom is 0.339 e. The summed E-state index contributed by atoms with van der Waals surface area (Å²) >= 11 is 6.34. The Bertz CT molecular complexity index is 1360. The topological polar surface area (TPSA) is 105 Å². The van der Waals surface area contributed by atoms with Gasteiger partial charge in [0.2, 0.25) is 5.75 Å². The molecule has 0 radical (unpaired) electrons. The summed E-state index contributed by atoms with van der Waals surface area (Å²) in [5, 5.41) is 12.1. The fourth-order valence-corrected chi connectivity index (χ4v) is 4.17. The van der Waals surface area contributed by atoms with Gasteiger partial charge in [0.15, 0.2) is 5.75 Å². The Labute approximate surface area is 203 Å². The number of benzene rings is 3. The molecule has 1 amide bonds. The van der Waals surface area contributed by atoms with E-state index in [9.17, 15) is 18.5 Å². The van der Waals surface area contributed by atoms with Crippen LogP contribution in [-0.4, -0.2) is 20.9 Å². The standard InChI is InChI=1S/C25H21ClN2O5S/c1-3-32-23-15-18(13-19(16-27)25(29)28-20-7-5-4-6-8-20)14-22(26)24(23)33-34(30,31)21-11-9-17(2)10-12-21/h4-15H,3H2,1-2H3,(H,28,29)/b19-13+. The number of nitrogens with one attached hydrogen (secondary N) is 1. The molecule has 0 heterocycles. The molecule has 0 aliphatic carbocycles. The van der Waals surface area contributed by atoms with Crippen molar-refractivity contribution >= 4 is 39.4 Å². The van der Waals surface area contributed by atoms with E-state index in [-0.39, 0.29) is 33.6 Å². The summed E-state index contributed by atoms with van der Waals surface area (Å²) in [7, 11) is -4.18. The van der Waals surface area contributed by atoms with Gasteiger partial charge in [-0.2, -0.15) is 13.7 Å². The Morgan fingerprint density at radius 2 is 1.79 bits per heavy atom. The number of anilines is 1. The fraction of sp³-hybridized carbons (Fsp3) is 0.120. The maximum atomic E-state index is 12.7. The van der Waals surface area contributed by atoms with Crippen molar-refractivity contribution in [3.8, 4) is 17.6 Å². The molecule has 174 valence electrons. The van der Waals surface area contributed by atoms with Crippen molar-refractivity contribution < 1.29 is 22.1 Å². The third-order valence-electron chi connectivity index (χ3n) is 4.54. The molecule has 3 aromatic carbocycles. The van der Waals surface area contributed by atoms with E-state index in [0.717, 1.165) is 5.56 Å². The molecule has 3 aromatic rings. The zero-order valence-corrected chi connectivity index (χ0v) is 20.0. The summed E-state index contributed by atoms with van der Waals surface area (Å²) in [5.41, 5.74) is 1.61. The van der Waals surface area contributed by atoms with E-state index < -0.39 is 16.0 Å². The first kappa shape index (κ1) is 24.8. The van der Waals surface area contributed by atoms with Crippen molar-refractivity contribution in [2.45, 2.75) is 18.7 Å². The highest BCUT2D eigenvalue weighted by Crippen LogP contribution is 2.39. The van der Waals surface area contributed by atoms with E-state index >= 15 is 0 Å². The first-order valence-electron chi connectivity index (χ1n) is 10.2. The van der Waals surface area contributed by atoms with Gasteiger partial charge in [0.1, 0.15) is 16.5 Å². The van der Waals surface area contributed by atoms with Gasteiger partial charge in [-0.1, -0.05) is 47.5 Å².